The molecule has 0 amide bonds. The van der Waals surface area contributed by atoms with Gasteiger partial charge in [-0.25, -0.2) is 0 Å². The van der Waals surface area contributed by atoms with Crippen molar-refractivity contribution in [1.82, 2.24) is 0 Å². The number of hydrogen-bond donors (Lipinski definition) is 0. The molecular weight excluding hydrogens is 118 g/mol. The summed E-state index contributed by atoms with van der Waals surface area (Å²) in [7, 11) is 0. The Labute approximate surface area is 54.6 Å². The lowest BCUT2D eigenvalue weighted by atomic mass is 10.5. The molecule has 1 heterocycles. The first-order chi connectivity index (χ1) is 4.43. The maximum Gasteiger partial charge on any atom is 0.119 e. The topological polar surface area (TPSA) is 34.1 Å². The second-order valence-corrected chi connectivity index (χ2v) is 1.96. The molecule has 0 aliphatic carbocycles. The van der Waals surface area contributed by atoms with E-state index in [0.717, 1.165) is 13.0 Å². The third-order valence-electron chi connectivity index (χ3n) is 0.956. The molecule has 0 radical (unpaired) electrons. The summed E-state index contributed by atoms with van der Waals surface area (Å²) in [5.41, 5.74) is 0. The van der Waals surface area contributed by atoms with E-state index in [2.05, 4.69) is 5.16 Å². The number of ether oxygens (including phenoxy) is 1. The van der Waals surface area contributed by atoms with Crippen LogP contribution in [0.3, 0.4) is 0 Å². The van der Waals surface area contributed by atoms with Gasteiger partial charge in [-0.05, 0) is 6.42 Å². The highest BCUT2D eigenvalue weighted by molar-refractivity contribution is 5.64. The fourth-order valence-electron chi connectivity index (χ4n) is 0.397. The molecule has 0 aromatic rings. The Balaban J connectivity index is 1.89. The van der Waals surface area contributed by atoms with Gasteiger partial charge in [-0.3, -0.25) is 0 Å². The van der Waals surface area contributed by atoms with Gasteiger partial charge in [0.2, 0.25) is 0 Å². The number of oxime groups is 1. The molecule has 52 valence electrons. The largest absolute Gasteiger partial charge is 0.396 e. The summed E-state index contributed by atoms with van der Waals surface area (Å²) in [5.74, 6) is 0. The van der Waals surface area contributed by atoms with Crippen molar-refractivity contribution in [3.63, 3.8) is 0 Å². The second-order valence-electron chi connectivity index (χ2n) is 1.96. The van der Waals surface area contributed by atoms with E-state index in [1.165, 1.54) is 0 Å². The Hall–Kier alpha value is -0.570. The van der Waals surface area contributed by atoms with Gasteiger partial charge in [0, 0.05) is 0 Å². The number of hydrogen-bond acceptors (Lipinski definition) is 3. The standard InChI is InChI=1S/C6H11NO2/c1-2-3-9-7-4-6-5-8-6/h4,6H,2-3,5H2,1H3/b7-4+. The van der Waals surface area contributed by atoms with Crippen molar-refractivity contribution >= 4 is 6.21 Å². The highest BCUT2D eigenvalue weighted by Gasteiger charge is 2.19. The van der Waals surface area contributed by atoms with Crippen LogP contribution in [-0.2, 0) is 9.57 Å². The van der Waals surface area contributed by atoms with E-state index >= 15 is 0 Å². The second kappa shape index (κ2) is 3.45. The summed E-state index contributed by atoms with van der Waals surface area (Å²) < 4.78 is 4.86. The predicted octanol–water partition coefficient (Wildman–Crippen LogP) is 0.798. The van der Waals surface area contributed by atoms with Gasteiger partial charge in [-0.15, -0.1) is 0 Å². The fraction of sp³-hybridized carbons (Fsp3) is 0.833. The molecule has 0 aromatic carbocycles. The minimum Gasteiger partial charge on any atom is -0.396 e. The summed E-state index contributed by atoms with van der Waals surface area (Å²) in [6.45, 7) is 3.55. The zero-order chi connectivity index (χ0) is 6.53. The van der Waals surface area contributed by atoms with E-state index in [0.29, 0.717) is 6.61 Å². The van der Waals surface area contributed by atoms with Crippen LogP contribution in [0.15, 0.2) is 5.16 Å². The Morgan fingerprint density at radius 3 is 3.22 bits per heavy atom. The molecule has 0 N–H and O–H groups in total. The van der Waals surface area contributed by atoms with Crippen molar-refractivity contribution in [2.45, 2.75) is 19.4 Å². The zero-order valence-electron chi connectivity index (χ0n) is 5.54. The van der Waals surface area contributed by atoms with Crippen LogP contribution >= 0.6 is 0 Å². The van der Waals surface area contributed by atoms with Gasteiger partial charge in [-0.1, -0.05) is 12.1 Å². The molecule has 1 aliphatic heterocycles. The molecule has 1 atom stereocenters. The molecule has 0 bridgehead atoms. The molecule has 0 saturated carbocycles. The lowest BCUT2D eigenvalue weighted by Crippen LogP contribution is -1.89. The van der Waals surface area contributed by atoms with Crippen molar-refractivity contribution in [1.29, 1.82) is 0 Å². The summed E-state index contributed by atoms with van der Waals surface area (Å²) >= 11 is 0. The lowest BCUT2D eigenvalue weighted by Gasteiger charge is -1.90. The van der Waals surface area contributed by atoms with E-state index in [9.17, 15) is 0 Å². The van der Waals surface area contributed by atoms with Gasteiger partial charge in [-0.2, -0.15) is 0 Å². The molecule has 3 nitrogen and oxygen atoms in total. The van der Waals surface area contributed by atoms with E-state index in [-0.39, 0.29) is 6.10 Å². The van der Waals surface area contributed by atoms with E-state index in [4.69, 9.17) is 9.57 Å². The highest BCUT2D eigenvalue weighted by Crippen LogP contribution is 2.04. The summed E-state index contributed by atoms with van der Waals surface area (Å²) in [4.78, 5) is 4.82. The maximum absolute atomic E-state index is 4.86. The molecule has 3 heteroatoms. The predicted molar refractivity (Wildman–Crippen MR) is 34.5 cm³/mol. The molecule has 9 heavy (non-hydrogen) atoms. The van der Waals surface area contributed by atoms with Crippen LogP contribution in [0.2, 0.25) is 0 Å². The van der Waals surface area contributed by atoms with Crippen LogP contribution in [-0.4, -0.2) is 25.5 Å². The van der Waals surface area contributed by atoms with Crippen molar-refractivity contribution in [2.75, 3.05) is 13.2 Å². The first-order valence-electron chi connectivity index (χ1n) is 3.20. The van der Waals surface area contributed by atoms with Crippen LogP contribution in [0, 0.1) is 0 Å². The molecule has 1 rings (SSSR count). The van der Waals surface area contributed by atoms with Crippen LogP contribution in [0.25, 0.3) is 0 Å². The fourth-order valence-corrected chi connectivity index (χ4v) is 0.397. The minimum absolute atomic E-state index is 0.238. The van der Waals surface area contributed by atoms with Gasteiger partial charge < -0.3 is 9.57 Å². The summed E-state index contributed by atoms with van der Waals surface area (Å²) in [6, 6.07) is 0. The molecule has 0 spiro atoms. The first-order valence-corrected chi connectivity index (χ1v) is 3.20. The maximum atomic E-state index is 4.86. The van der Waals surface area contributed by atoms with Crippen molar-refractivity contribution in [3.05, 3.63) is 0 Å². The van der Waals surface area contributed by atoms with Crippen LogP contribution in [0.5, 0.6) is 0 Å². The minimum atomic E-state index is 0.238. The Kier molecular flexibility index (Phi) is 2.51. The number of nitrogens with zero attached hydrogens (tertiary/aromatic N) is 1. The van der Waals surface area contributed by atoms with Crippen molar-refractivity contribution in [3.8, 4) is 0 Å². The summed E-state index contributed by atoms with van der Waals surface area (Å²) in [6.07, 6.45) is 2.93. The van der Waals surface area contributed by atoms with Gasteiger partial charge in [0.05, 0.1) is 12.8 Å². The Bertz CT molecular complexity index is 99.2. The van der Waals surface area contributed by atoms with Crippen molar-refractivity contribution in [2.24, 2.45) is 5.16 Å². The van der Waals surface area contributed by atoms with Gasteiger partial charge >= 0.3 is 0 Å². The molecule has 0 aromatic heterocycles. The first kappa shape index (κ1) is 6.55. The van der Waals surface area contributed by atoms with E-state index < -0.39 is 0 Å². The Morgan fingerprint density at radius 1 is 1.89 bits per heavy atom. The smallest absolute Gasteiger partial charge is 0.119 e. The molecule has 1 aliphatic rings. The monoisotopic (exact) mass is 129 g/mol. The van der Waals surface area contributed by atoms with E-state index in [1.54, 1.807) is 6.21 Å². The molecule has 1 saturated heterocycles. The van der Waals surface area contributed by atoms with Gasteiger partial charge in [0.15, 0.2) is 0 Å². The number of epoxide rings is 1. The average Bonchev–Trinajstić information content (AvgIpc) is 2.63. The average molecular weight is 129 g/mol. The molecule has 1 unspecified atom stereocenters. The van der Waals surface area contributed by atoms with Crippen LogP contribution in [0.1, 0.15) is 13.3 Å². The third-order valence-corrected chi connectivity index (χ3v) is 0.956. The van der Waals surface area contributed by atoms with Gasteiger partial charge in [0.1, 0.15) is 12.7 Å². The molecule has 1 fully saturated rings. The highest BCUT2D eigenvalue weighted by atomic mass is 16.6. The molecular formula is C6H11NO2. The SMILES string of the molecule is CCCO/N=C/C1CO1. The lowest BCUT2D eigenvalue weighted by molar-refractivity contribution is 0.145. The van der Waals surface area contributed by atoms with Crippen LogP contribution < -0.4 is 0 Å². The normalized spacial score (nSPS) is 24.8. The zero-order valence-corrected chi connectivity index (χ0v) is 5.54. The van der Waals surface area contributed by atoms with Crippen LogP contribution in [0.4, 0.5) is 0 Å². The van der Waals surface area contributed by atoms with E-state index in [1.807, 2.05) is 6.92 Å². The van der Waals surface area contributed by atoms with Gasteiger partial charge in [0.25, 0.3) is 0 Å². The van der Waals surface area contributed by atoms with Crippen molar-refractivity contribution < 1.29 is 9.57 Å². The Morgan fingerprint density at radius 2 is 2.67 bits per heavy atom. The summed E-state index contributed by atoms with van der Waals surface area (Å²) in [5, 5.41) is 3.67. The third kappa shape index (κ3) is 3.08. The number of rotatable bonds is 4. The quantitative estimate of drug-likeness (QED) is 0.243.